The summed E-state index contributed by atoms with van der Waals surface area (Å²) in [5.74, 6) is 0.0179. The Balaban J connectivity index is 1.96. The van der Waals surface area contributed by atoms with Crippen molar-refractivity contribution in [3.05, 3.63) is 0 Å². The van der Waals surface area contributed by atoms with Crippen molar-refractivity contribution in [2.24, 2.45) is 16.3 Å². The normalized spacial score (nSPS) is 27.7. The first-order chi connectivity index (χ1) is 7.83. The van der Waals surface area contributed by atoms with Crippen LogP contribution >= 0.6 is 0 Å². The van der Waals surface area contributed by atoms with E-state index >= 15 is 0 Å². The van der Waals surface area contributed by atoms with Crippen LogP contribution in [0.3, 0.4) is 0 Å². The minimum atomic E-state index is -0.733. The van der Waals surface area contributed by atoms with E-state index in [0.29, 0.717) is 5.41 Å². The molecule has 0 unspecified atom stereocenters. The zero-order valence-corrected chi connectivity index (χ0v) is 11.1. The molecule has 0 aliphatic heterocycles. The van der Waals surface area contributed by atoms with E-state index in [0.717, 1.165) is 50.2 Å². The fraction of sp³-hybridized carbons (Fsp3) is 0.857. The standard InChI is InChI=1S/C14H23NO2/c1-13(2,3)10-4-6-11(7-5-10)15-14(8-9-14)12(16)17/h10H,4-9H2,1-3H3,(H,16,17). The molecule has 3 heteroatoms. The Hall–Kier alpha value is -0.860. The average Bonchev–Trinajstić information content (AvgIpc) is 2.98. The number of carboxylic acids is 1. The molecule has 0 bridgehead atoms. The molecule has 0 atom stereocenters. The smallest absolute Gasteiger partial charge is 0.331 e. The van der Waals surface area contributed by atoms with E-state index in [9.17, 15) is 4.79 Å². The van der Waals surface area contributed by atoms with Gasteiger partial charge in [-0.25, -0.2) is 4.79 Å². The average molecular weight is 237 g/mol. The van der Waals surface area contributed by atoms with Crippen LogP contribution in [0.2, 0.25) is 0 Å². The number of carboxylic acid groups (broad SMARTS) is 1. The van der Waals surface area contributed by atoms with Crippen LogP contribution < -0.4 is 0 Å². The van der Waals surface area contributed by atoms with Crippen molar-refractivity contribution in [3.63, 3.8) is 0 Å². The highest BCUT2D eigenvalue weighted by molar-refractivity contribution is 5.91. The number of aliphatic carboxylic acids is 1. The maximum atomic E-state index is 11.1. The van der Waals surface area contributed by atoms with Gasteiger partial charge in [-0.2, -0.15) is 0 Å². The monoisotopic (exact) mass is 237 g/mol. The third kappa shape index (κ3) is 2.70. The molecule has 0 aromatic rings. The molecule has 0 amide bonds. The van der Waals surface area contributed by atoms with E-state index < -0.39 is 11.5 Å². The molecule has 17 heavy (non-hydrogen) atoms. The van der Waals surface area contributed by atoms with Crippen molar-refractivity contribution in [1.29, 1.82) is 0 Å². The largest absolute Gasteiger partial charge is 0.479 e. The van der Waals surface area contributed by atoms with Crippen LogP contribution in [0.15, 0.2) is 4.99 Å². The fourth-order valence-electron chi connectivity index (χ4n) is 2.72. The maximum Gasteiger partial charge on any atom is 0.331 e. The van der Waals surface area contributed by atoms with Crippen LogP contribution in [-0.4, -0.2) is 22.3 Å². The number of hydrogen-bond acceptors (Lipinski definition) is 2. The first-order valence-corrected chi connectivity index (χ1v) is 6.64. The molecule has 2 fully saturated rings. The molecule has 96 valence electrons. The molecule has 2 aliphatic rings. The number of rotatable bonds is 2. The van der Waals surface area contributed by atoms with Crippen LogP contribution in [0, 0.1) is 11.3 Å². The Morgan fingerprint density at radius 2 is 1.82 bits per heavy atom. The second-order valence-corrected chi connectivity index (χ2v) is 6.66. The summed E-state index contributed by atoms with van der Waals surface area (Å²) >= 11 is 0. The topological polar surface area (TPSA) is 49.7 Å². The van der Waals surface area contributed by atoms with E-state index in [2.05, 4.69) is 25.8 Å². The van der Waals surface area contributed by atoms with Crippen LogP contribution in [-0.2, 0) is 4.79 Å². The molecule has 0 radical (unpaired) electrons. The summed E-state index contributed by atoms with van der Waals surface area (Å²) in [7, 11) is 0. The molecule has 2 aliphatic carbocycles. The van der Waals surface area contributed by atoms with Gasteiger partial charge in [0.2, 0.25) is 0 Å². The van der Waals surface area contributed by atoms with Crippen molar-refractivity contribution < 1.29 is 9.90 Å². The van der Waals surface area contributed by atoms with Gasteiger partial charge in [0, 0.05) is 5.71 Å². The van der Waals surface area contributed by atoms with Gasteiger partial charge in [-0.3, -0.25) is 4.99 Å². The molecule has 3 nitrogen and oxygen atoms in total. The van der Waals surface area contributed by atoms with Gasteiger partial charge in [-0.15, -0.1) is 0 Å². The van der Waals surface area contributed by atoms with Gasteiger partial charge in [-0.05, 0) is 49.9 Å². The van der Waals surface area contributed by atoms with Crippen molar-refractivity contribution >= 4 is 11.7 Å². The first kappa shape index (κ1) is 12.6. The predicted octanol–water partition coefficient (Wildman–Crippen LogP) is 3.28. The lowest BCUT2D eigenvalue weighted by Gasteiger charge is -2.34. The lowest BCUT2D eigenvalue weighted by atomic mass is 9.72. The second kappa shape index (κ2) is 4.11. The number of hydrogen-bond donors (Lipinski definition) is 1. The lowest BCUT2D eigenvalue weighted by molar-refractivity contribution is -0.139. The molecule has 0 spiro atoms. The van der Waals surface area contributed by atoms with E-state index in [1.54, 1.807) is 0 Å². The Bertz CT molecular complexity index is 338. The summed E-state index contributed by atoms with van der Waals surface area (Å²) in [6.45, 7) is 6.87. The Labute approximate surface area is 103 Å². The van der Waals surface area contributed by atoms with E-state index in [4.69, 9.17) is 5.11 Å². The summed E-state index contributed by atoms with van der Waals surface area (Å²) in [6, 6.07) is 0. The molecule has 0 heterocycles. The fourth-order valence-corrected chi connectivity index (χ4v) is 2.72. The van der Waals surface area contributed by atoms with Crippen LogP contribution in [0.25, 0.3) is 0 Å². The Kier molecular flexibility index (Phi) is 3.04. The maximum absolute atomic E-state index is 11.1. The van der Waals surface area contributed by atoms with Crippen molar-refractivity contribution in [1.82, 2.24) is 0 Å². The molecular formula is C14H23NO2. The summed E-state index contributed by atoms with van der Waals surface area (Å²) in [4.78, 5) is 15.6. The SMILES string of the molecule is CC(C)(C)C1CCC(=NC2(C(=O)O)CC2)CC1. The highest BCUT2D eigenvalue weighted by Gasteiger charge is 2.50. The minimum Gasteiger partial charge on any atom is -0.479 e. The van der Waals surface area contributed by atoms with Gasteiger partial charge in [0.05, 0.1) is 0 Å². The van der Waals surface area contributed by atoms with Crippen molar-refractivity contribution in [2.45, 2.75) is 64.8 Å². The van der Waals surface area contributed by atoms with E-state index in [1.165, 1.54) is 0 Å². The van der Waals surface area contributed by atoms with E-state index in [1.807, 2.05) is 0 Å². The first-order valence-electron chi connectivity index (χ1n) is 6.64. The second-order valence-electron chi connectivity index (χ2n) is 6.66. The zero-order chi connectivity index (χ0) is 12.7. The van der Waals surface area contributed by atoms with Gasteiger partial charge in [0.25, 0.3) is 0 Å². The van der Waals surface area contributed by atoms with Crippen LogP contribution in [0.5, 0.6) is 0 Å². The number of nitrogens with zero attached hydrogens (tertiary/aromatic N) is 1. The quantitative estimate of drug-likeness (QED) is 0.801. The third-order valence-corrected chi connectivity index (χ3v) is 4.28. The summed E-state index contributed by atoms with van der Waals surface area (Å²) in [5.41, 5.74) is 0.796. The molecule has 2 rings (SSSR count). The summed E-state index contributed by atoms with van der Waals surface area (Å²) in [6.07, 6.45) is 5.78. The van der Waals surface area contributed by atoms with Gasteiger partial charge in [-0.1, -0.05) is 20.8 Å². The van der Waals surface area contributed by atoms with E-state index in [-0.39, 0.29) is 0 Å². The van der Waals surface area contributed by atoms with Gasteiger partial charge < -0.3 is 5.11 Å². The number of carbonyl (C=O) groups is 1. The highest BCUT2D eigenvalue weighted by atomic mass is 16.4. The van der Waals surface area contributed by atoms with Crippen molar-refractivity contribution in [3.8, 4) is 0 Å². The van der Waals surface area contributed by atoms with Crippen LogP contribution in [0.4, 0.5) is 0 Å². The predicted molar refractivity (Wildman–Crippen MR) is 68.4 cm³/mol. The lowest BCUT2D eigenvalue weighted by Crippen LogP contribution is -2.28. The summed E-state index contributed by atoms with van der Waals surface area (Å²) in [5, 5.41) is 9.11. The van der Waals surface area contributed by atoms with Crippen molar-refractivity contribution in [2.75, 3.05) is 0 Å². The number of aliphatic imine (C=N–C) groups is 1. The minimum absolute atomic E-state index is 0.371. The molecule has 0 saturated heterocycles. The Morgan fingerprint density at radius 1 is 1.29 bits per heavy atom. The Morgan fingerprint density at radius 3 is 2.18 bits per heavy atom. The molecule has 0 aromatic carbocycles. The summed E-state index contributed by atoms with van der Waals surface area (Å²) < 4.78 is 0. The molecule has 0 aromatic heterocycles. The third-order valence-electron chi connectivity index (χ3n) is 4.28. The van der Waals surface area contributed by atoms with Gasteiger partial charge in [0.1, 0.15) is 0 Å². The molecule has 1 N–H and O–H groups in total. The zero-order valence-electron chi connectivity index (χ0n) is 11.1. The molecule has 2 saturated carbocycles. The van der Waals surface area contributed by atoms with Gasteiger partial charge >= 0.3 is 5.97 Å². The van der Waals surface area contributed by atoms with Gasteiger partial charge in [0.15, 0.2) is 5.54 Å². The highest BCUT2D eigenvalue weighted by Crippen LogP contribution is 2.42. The van der Waals surface area contributed by atoms with Crippen LogP contribution in [0.1, 0.15) is 59.3 Å². The molecular weight excluding hydrogens is 214 g/mol.